The first-order valence-corrected chi connectivity index (χ1v) is 5.09. The molecule has 0 aliphatic carbocycles. The van der Waals surface area contributed by atoms with Crippen LogP contribution in [-0.2, 0) is 0 Å². The number of anilines is 1. The number of nitrogens with zero attached hydrogens (tertiary/aromatic N) is 1. The molecule has 1 aromatic rings. The van der Waals surface area contributed by atoms with Crippen LogP contribution in [0.3, 0.4) is 0 Å². The Balaban J connectivity index is 2.37. The van der Waals surface area contributed by atoms with Gasteiger partial charge in [-0.3, -0.25) is 0 Å². The van der Waals surface area contributed by atoms with Crippen molar-refractivity contribution in [2.75, 3.05) is 11.9 Å². The summed E-state index contributed by atoms with van der Waals surface area (Å²) in [5.74, 6) is -0.0452. The molecule has 1 aromatic carbocycles. The summed E-state index contributed by atoms with van der Waals surface area (Å²) >= 11 is 0. The highest BCUT2D eigenvalue weighted by molar-refractivity contribution is 5.79. The van der Waals surface area contributed by atoms with Crippen LogP contribution in [0, 0.1) is 12.7 Å². The van der Waals surface area contributed by atoms with Gasteiger partial charge in [0.15, 0.2) is 0 Å². The second-order valence-corrected chi connectivity index (χ2v) is 3.64. The molecule has 0 aliphatic heterocycles. The van der Waals surface area contributed by atoms with E-state index in [1.165, 1.54) is 12.1 Å². The zero-order valence-electron chi connectivity index (χ0n) is 9.20. The number of halogens is 1. The van der Waals surface area contributed by atoms with Gasteiger partial charge in [-0.25, -0.2) is 4.39 Å². The number of amidine groups is 1. The van der Waals surface area contributed by atoms with Crippen LogP contribution in [-0.4, -0.2) is 17.6 Å². The molecule has 0 atom stereocenters. The molecule has 0 fully saturated rings. The van der Waals surface area contributed by atoms with Crippen molar-refractivity contribution in [2.45, 2.75) is 19.8 Å². The van der Waals surface area contributed by atoms with Crippen molar-refractivity contribution in [3.05, 3.63) is 29.6 Å². The maximum atomic E-state index is 13.0. The third-order valence-corrected chi connectivity index (χ3v) is 2.11. The van der Waals surface area contributed by atoms with E-state index < -0.39 is 0 Å². The van der Waals surface area contributed by atoms with Crippen molar-refractivity contribution in [1.82, 2.24) is 0 Å². The fourth-order valence-electron chi connectivity index (χ4n) is 1.39. The van der Waals surface area contributed by atoms with Gasteiger partial charge in [0.2, 0.25) is 0 Å². The number of oxime groups is 1. The highest BCUT2D eigenvalue weighted by atomic mass is 19.1. The molecule has 0 saturated carbocycles. The minimum Gasteiger partial charge on any atom is -0.409 e. The van der Waals surface area contributed by atoms with E-state index in [4.69, 9.17) is 10.9 Å². The van der Waals surface area contributed by atoms with Gasteiger partial charge >= 0.3 is 0 Å². The van der Waals surface area contributed by atoms with Crippen molar-refractivity contribution in [3.63, 3.8) is 0 Å². The minimum absolute atomic E-state index is 0.206. The fraction of sp³-hybridized carbons (Fsp3) is 0.364. The third-order valence-electron chi connectivity index (χ3n) is 2.11. The molecule has 0 bridgehead atoms. The topological polar surface area (TPSA) is 70.6 Å². The molecule has 0 unspecified atom stereocenters. The van der Waals surface area contributed by atoms with Gasteiger partial charge in [0, 0.05) is 18.7 Å². The third kappa shape index (κ3) is 4.16. The van der Waals surface area contributed by atoms with Crippen LogP contribution in [0.1, 0.15) is 18.4 Å². The summed E-state index contributed by atoms with van der Waals surface area (Å²) < 4.78 is 13.0. The highest BCUT2D eigenvalue weighted by Crippen LogP contribution is 2.13. The van der Waals surface area contributed by atoms with Crippen LogP contribution in [0.4, 0.5) is 10.1 Å². The lowest BCUT2D eigenvalue weighted by Crippen LogP contribution is -2.13. The molecule has 4 nitrogen and oxygen atoms in total. The highest BCUT2D eigenvalue weighted by Gasteiger charge is 1.98. The molecule has 0 aliphatic rings. The summed E-state index contributed by atoms with van der Waals surface area (Å²) in [6, 6.07) is 4.78. The van der Waals surface area contributed by atoms with E-state index in [1.807, 2.05) is 13.0 Å². The van der Waals surface area contributed by atoms with Gasteiger partial charge in [-0.15, -0.1) is 0 Å². The lowest BCUT2D eigenvalue weighted by atomic mass is 10.2. The van der Waals surface area contributed by atoms with E-state index in [2.05, 4.69) is 10.5 Å². The SMILES string of the molecule is Cc1cc(F)cc(NCCCC(N)=NO)c1. The number of hydrogen-bond acceptors (Lipinski definition) is 3. The lowest BCUT2D eigenvalue weighted by molar-refractivity contribution is 0.316. The van der Waals surface area contributed by atoms with Crippen molar-refractivity contribution < 1.29 is 9.60 Å². The standard InChI is InChI=1S/C11H16FN3O/c1-8-5-9(12)7-10(6-8)14-4-2-3-11(13)15-16/h5-7,14,16H,2-4H2,1H3,(H2,13,15). The van der Waals surface area contributed by atoms with Crippen LogP contribution in [0.2, 0.25) is 0 Å². The average Bonchev–Trinajstić information content (AvgIpc) is 2.22. The summed E-state index contributed by atoms with van der Waals surface area (Å²) in [7, 11) is 0. The van der Waals surface area contributed by atoms with E-state index in [0.717, 1.165) is 17.7 Å². The zero-order chi connectivity index (χ0) is 12.0. The smallest absolute Gasteiger partial charge is 0.139 e. The molecule has 0 aromatic heterocycles. The summed E-state index contributed by atoms with van der Waals surface area (Å²) in [6.45, 7) is 2.49. The number of nitrogens with one attached hydrogen (secondary N) is 1. The predicted molar refractivity (Wildman–Crippen MR) is 62.3 cm³/mol. The van der Waals surface area contributed by atoms with Crippen LogP contribution in [0.15, 0.2) is 23.4 Å². The Labute approximate surface area is 94.0 Å². The molecule has 16 heavy (non-hydrogen) atoms. The predicted octanol–water partition coefficient (Wildman–Crippen LogP) is 2.07. The molecule has 0 saturated heterocycles. The average molecular weight is 225 g/mol. The Bertz CT molecular complexity index is 359. The van der Waals surface area contributed by atoms with Crippen LogP contribution in [0.25, 0.3) is 0 Å². The van der Waals surface area contributed by atoms with E-state index in [9.17, 15) is 4.39 Å². The summed E-state index contributed by atoms with van der Waals surface area (Å²) in [5.41, 5.74) is 6.93. The van der Waals surface area contributed by atoms with Crippen molar-refractivity contribution >= 4 is 11.5 Å². The van der Waals surface area contributed by atoms with Crippen molar-refractivity contribution in [2.24, 2.45) is 10.9 Å². The maximum absolute atomic E-state index is 13.0. The van der Waals surface area contributed by atoms with Gasteiger partial charge in [-0.1, -0.05) is 5.16 Å². The summed E-state index contributed by atoms with van der Waals surface area (Å²) in [6.07, 6.45) is 1.24. The molecule has 0 spiro atoms. The Morgan fingerprint density at radius 3 is 2.88 bits per heavy atom. The molecule has 5 heteroatoms. The zero-order valence-corrected chi connectivity index (χ0v) is 9.20. The molecule has 1 rings (SSSR count). The number of aryl methyl sites for hydroxylation is 1. The Hall–Kier alpha value is -1.78. The summed E-state index contributed by atoms with van der Waals surface area (Å²) in [5, 5.41) is 14.3. The lowest BCUT2D eigenvalue weighted by Gasteiger charge is -2.07. The minimum atomic E-state index is -0.251. The molecule has 88 valence electrons. The van der Waals surface area contributed by atoms with Crippen LogP contribution in [0.5, 0.6) is 0 Å². The quantitative estimate of drug-likeness (QED) is 0.236. The molecule has 0 heterocycles. The second kappa shape index (κ2) is 5.95. The number of benzene rings is 1. The fourth-order valence-corrected chi connectivity index (χ4v) is 1.39. The number of hydrogen-bond donors (Lipinski definition) is 3. The molecular weight excluding hydrogens is 209 g/mol. The van der Waals surface area contributed by atoms with Crippen molar-refractivity contribution in [3.8, 4) is 0 Å². The Morgan fingerprint density at radius 2 is 2.25 bits per heavy atom. The normalized spacial score (nSPS) is 11.5. The van der Waals surface area contributed by atoms with E-state index in [0.29, 0.717) is 13.0 Å². The monoisotopic (exact) mass is 225 g/mol. The molecule has 0 radical (unpaired) electrons. The first-order chi connectivity index (χ1) is 7.61. The Morgan fingerprint density at radius 1 is 1.50 bits per heavy atom. The van der Waals surface area contributed by atoms with Crippen LogP contribution >= 0.6 is 0 Å². The van der Waals surface area contributed by atoms with Gasteiger partial charge in [-0.2, -0.15) is 0 Å². The second-order valence-electron chi connectivity index (χ2n) is 3.64. The van der Waals surface area contributed by atoms with Gasteiger partial charge in [0.25, 0.3) is 0 Å². The molecule has 0 amide bonds. The van der Waals surface area contributed by atoms with Gasteiger partial charge < -0.3 is 16.3 Å². The van der Waals surface area contributed by atoms with E-state index in [-0.39, 0.29) is 11.7 Å². The van der Waals surface area contributed by atoms with Gasteiger partial charge in [0.1, 0.15) is 11.7 Å². The first kappa shape index (κ1) is 12.3. The van der Waals surface area contributed by atoms with Gasteiger partial charge in [0.05, 0.1) is 0 Å². The van der Waals surface area contributed by atoms with E-state index in [1.54, 1.807) is 0 Å². The first-order valence-electron chi connectivity index (χ1n) is 5.09. The summed E-state index contributed by atoms with van der Waals surface area (Å²) in [4.78, 5) is 0. The number of rotatable bonds is 5. The van der Waals surface area contributed by atoms with Gasteiger partial charge in [-0.05, 0) is 37.1 Å². The molecular formula is C11H16FN3O. The van der Waals surface area contributed by atoms with E-state index >= 15 is 0 Å². The van der Waals surface area contributed by atoms with Crippen molar-refractivity contribution in [1.29, 1.82) is 0 Å². The Kier molecular flexibility index (Phi) is 4.57. The maximum Gasteiger partial charge on any atom is 0.139 e. The largest absolute Gasteiger partial charge is 0.409 e. The van der Waals surface area contributed by atoms with Crippen LogP contribution < -0.4 is 11.1 Å². The number of nitrogens with two attached hydrogens (primary N) is 1. The molecule has 4 N–H and O–H groups in total.